The molecule has 0 amide bonds. The summed E-state index contributed by atoms with van der Waals surface area (Å²) in [5.41, 5.74) is 5.91. The zero-order chi connectivity index (χ0) is 49.7. The Morgan fingerprint density at radius 2 is 0.986 bits per heavy atom. The lowest BCUT2D eigenvalue weighted by molar-refractivity contribution is 0.0592. The van der Waals surface area contributed by atoms with Crippen LogP contribution in [0, 0.1) is 0 Å². The Morgan fingerprint density at radius 1 is 0.466 bits per heavy atom. The van der Waals surface area contributed by atoms with E-state index in [0.29, 0.717) is 56.8 Å². The molecule has 17 heteroatoms. The quantitative estimate of drug-likeness (QED) is 0.0929. The van der Waals surface area contributed by atoms with Crippen LogP contribution >= 0.6 is 35.3 Å². The molecule has 0 fully saturated rings. The summed E-state index contributed by atoms with van der Waals surface area (Å²) in [6.07, 6.45) is -0.568. The van der Waals surface area contributed by atoms with Crippen molar-refractivity contribution < 1.29 is 28.6 Å². The Balaban J connectivity index is 1.08. The van der Waals surface area contributed by atoms with Gasteiger partial charge in [-0.2, -0.15) is 0 Å². The van der Waals surface area contributed by atoms with Crippen molar-refractivity contribution in [1.82, 2.24) is 15.3 Å². The molecule has 0 radical (unpaired) electrons. The number of aliphatic imine (C=N–C) groups is 3. The molecule has 3 aliphatic heterocycles. The van der Waals surface area contributed by atoms with Gasteiger partial charge in [0.05, 0.1) is 38.0 Å². The van der Waals surface area contributed by atoms with E-state index in [1.165, 1.54) is 44.9 Å². The van der Waals surface area contributed by atoms with Gasteiger partial charge in [-0.1, -0.05) is 95.9 Å². The average molecular weight is 1020 g/mol. The number of aromatic nitrogens is 2. The van der Waals surface area contributed by atoms with E-state index in [1.807, 2.05) is 103 Å². The van der Waals surface area contributed by atoms with Crippen LogP contribution in [0.1, 0.15) is 59.5 Å². The van der Waals surface area contributed by atoms with Crippen molar-refractivity contribution in [3.05, 3.63) is 202 Å². The van der Waals surface area contributed by atoms with E-state index < -0.39 is 24.1 Å². The van der Waals surface area contributed by atoms with Crippen molar-refractivity contribution >= 4 is 104 Å². The first-order valence-corrected chi connectivity index (χ1v) is 25.2. The standard InChI is InChI=1S/C56H38N8O6S3/c1-68-54(65)29-17-23-32(24-18-29)71-40-14-6-11-37-43(40)52-60-48(37)58-46-35-9-4-5-10-36(35)47(57-46)59-51-44-38(12-7-15-41(44)72-33-25-19-30(20-26-33)55(66)69-2)49(61-51)63-53-45-39(50(62-52)64-53)13-8-16-42(45)73-34-27-21-31(22-28-34)56(67)70-3/h4-28,48,64H,1-3H3,(H,60,62)(H,57,58,59,61,63). The SMILES string of the molecule is COC(=O)c1ccc(Sc2cccc3c2C2=N/C3=N\c3[nH]c(c4cccc(Sc5ccc(C(=O)OC)cc5)c34)/N=C3\NC(/N=c4\[nH]c(c5ccccc45)=N2)c2cccc(Sc4ccc(C(=O)OC)cc4)c23)cc1. The Hall–Kier alpha value is -8.51. The molecule has 7 aromatic carbocycles. The van der Waals surface area contributed by atoms with Gasteiger partial charge in [-0.3, -0.25) is 0 Å². The molecule has 12 rings (SSSR count). The number of fused-ring (bicyclic) bond motifs is 19. The smallest absolute Gasteiger partial charge is 0.337 e. The molecule has 3 aliphatic rings. The summed E-state index contributed by atoms with van der Waals surface area (Å²) in [6.45, 7) is 0. The van der Waals surface area contributed by atoms with E-state index in [-0.39, 0.29) is 0 Å². The minimum Gasteiger partial charge on any atom is -0.465 e. The fraction of sp³-hybridized carbons (Fsp3) is 0.0714. The molecule has 73 heavy (non-hydrogen) atoms. The van der Waals surface area contributed by atoms with E-state index in [0.717, 1.165) is 73.2 Å². The molecule has 3 N–H and O–H groups in total. The van der Waals surface area contributed by atoms with Crippen molar-refractivity contribution in [2.75, 3.05) is 21.3 Å². The van der Waals surface area contributed by atoms with Gasteiger partial charge in [0, 0.05) is 73.2 Å². The summed E-state index contributed by atoms with van der Waals surface area (Å²) in [4.78, 5) is 76.4. The van der Waals surface area contributed by atoms with Crippen molar-refractivity contribution in [3.63, 3.8) is 0 Å². The summed E-state index contributed by atoms with van der Waals surface area (Å²) in [5, 5.41) is 7.05. The summed E-state index contributed by atoms with van der Waals surface area (Å²) in [7, 11) is 4.10. The number of hydrogen-bond donors (Lipinski definition) is 3. The molecular weight excluding hydrogens is 977 g/mol. The molecule has 1 atom stereocenters. The van der Waals surface area contributed by atoms with Crippen LogP contribution in [-0.4, -0.2) is 66.7 Å². The highest BCUT2D eigenvalue weighted by molar-refractivity contribution is 8.00. The molecule has 356 valence electrons. The molecular formula is C56H38N8O6S3. The van der Waals surface area contributed by atoms with E-state index in [4.69, 9.17) is 39.2 Å². The first-order valence-electron chi connectivity index (χ1n) is 22.8. The van der Waals surface area contributed by atoms with Gasteiger partial charge in [-0.05, 0) is 91.0 Å². The molecule has 0 saturated heterocycles. The van der Waals surface area contributed by atoms with Crippen molar-refractivity contribution in [3.8, 4) is 0 Å². The predicted molar refractivity (Wildman–Crippen MR) is 282 cm³/mol. The van der Waals surface area contributed by atoms with Gasteiger partial charge < -0.3 is 29.5 Å². The molecule has 0 aliphatic carbocycles. The summed E-state index contributed by atoms with van der Waals surface area (Å²) in [6, 6.07) is 48.1. The van der Waals surface area contributed by atoms with Gasteiger partial charge in [0.15, 0.2) is 11.7 Å². The Labute approximate surface area is 428 Å². The second-order valence-electron chi connectivity index (χ2n) is 16.7. The van der Waals surface area contributed by atoms with Crippen molar-refractivity contribution in [1.29, 1.82) is 0 Å². The molecule has 2 aromatic heterocycles. The Kier molecular flexibility index (Phi) is 11.8. The first-order chi connectivity index (χ1) is 35.7. The number of methoxy groups -OCH3 is 3. The molecule has 5 heterocycles. The number of aromatic amines is 2. The van der Waals surface area contributed by atoms with Crippen LogP contribution in [0.15, 0.2) is 206 Å². The van der Waals surface area contributed by atoms with E-state index in [2.05, 4.69) is 27.4 Å². The van der Waals surface area contributed by atoms with Crippen LogP contribution in [0.2, 0.25) is 0 Å². The molecule has 0 spiro atoms. The molecule has 14 nitrogen and oxygen atoms in total. The lowest BCUT2D eigenvalue weighted by Gasteiger charge is -2.09. The maximum absolute atomic E-state index is 12.4. The monoisotopic (exact) mass is 1010 g/mol. The summed E-state index contributed by atoms with van der Waals surface area (Å²) >= 11 is 4.62. The van der Waals surface area contributed by atoms with E-state index >= 15 is 0 Å². The van der Waals surface area contributed by atoms with E-state index in [9.17, 15) is 14.4 Å². The highest BCUT2D eigenvalue weighted by atomic mass is 32.2. The minimum atomic E-state index is -0.568. The van der Waals surface area contributed by atoms with Crippen LogP contribution in [-0.2, 0) is 14.2 Å². The number of benzene rings is 7. The number of esters is 3. The fourth-order valence-corrected chi connectivity index (χ4v) is 11.9. The third-order valence-electron chi connectivity index (χ3n) is 12.4. The third kappa shape index (κ3) is 8.46. The minimum absolute atomic E-state index is 0.405. The zero-order valence-corrected chi connectivity index (χ0v) is 41.4. The average Bonchev–Trinajstić information content (AvgIpc) is 4.18. The van der Waals surface area contributed by atoms with Gasteiger partial charge in [0.25, 0.3) is 0 Å². The maximum Gasteiger partial charge on any atom is 0.337 e. The van der Waals surface area contributed by atoms with Crippen LogP contribution in [0.3, 0.4) is 0 Å². The number of ether oxygens (including phenoxy) is 3. The van der Waals surface area contributed by atoms with E-state index in [1.54, 1.807) is 48.2 Å². The van der Waals surface area contributed by atoms with Gasteiger partial charge in [0.2, 0.25) is 0 Å². The van der Waals surface area contributed by atoms with Crippen LogP contribution in [0.4, 0.5) is 11.6 Å². The number of nitrogens with one attached hydrogen (secondary N) is 3. The molecule has 8 bridgehead atoms. The predicted octanol–water partition coefficient (Wildman–Crippen LogP) is 10.9. The van der Waals surface area contributed by atoms with Crippen LogP contribution in [0.5, 0.6) is 0 Å². The number of carbonyl (C=O) groups excluding carboxylic acids is 3. The number of rotatable bonds is 9. The number of hydrogen-bond acceptors (Lipinski definition) is 15. The number of H-pyrrole nitrogens is 2. The third-order valence-corrected chi connectivity index (χ3v) is 15.6. The topological polar surface area (TPSA) is 184 Å². The van der Waals surface area contributed by atoms with Gasteiger partial charge >= 0.3 is 17.9 Å². The number of nitrogens with zero attached hydrogens (tertiary/aromatic N) is 5. The van der Waals surface area contributed by atoms with Gasteiger partial charge in [-0.25, -0.2) is 39.3 Å². The van der Waals surface area contributed by atoms with Crippen molar-refractivity contribution in [2.24, 2.45) is 25.0 Å². The first kappa shape index (κ1) is 45.6. The second kappa shape index (κ2) is 18.9. The van der Waals surface area contributed by atoms with Gasteiger partial charge in [0.1, 0.15) is 34.6 Å². The largest absolute Gasteiger partial charge is 0.465 e. The van der Waals surface area contributed by atoms with Crippen LogP contribution < -0.4 is 16.3 Å². The number of amidine groups is 3. The van der Waals surface area contributed by atoms with Crippen molar-refractivity contribution in [2.45, 2.75) is 35.5 Å². The molecule has 0 saturated carbocycles. The van der Waals surface area contributed by atoms with Crippen LogP contribution in [0.25, 0.3) is 21.5 Å². The lowest BCUT2D eigenvalue weighted by atomic mass is 10.1. The molecule has 9 aromatic rings. The number of carbonyl (C=O) groups is 3. The Bertz CT molecular complexity index is 4000. The molecule has 1 unspecified atom stereocenters. The lowest BCUT2D eigenvalue weighted by Crippen LogP contribution is -2.22. The Morgan fingerprint density at radius 3 is 1.59 bits per heavy atom. The second-order valence-corrected chi connectivity index (χ2v) is 20.1. The maximum atomic E-state index is 12.4. The van der Waals surface area contributed by atoms with Gasteiger partial charge in [-0.15, -0.1) is 0 Å². The summed E-state index contributed by atoms with van der Waals surface area (Å²) < 4.78 is 14.9. The highest BCUT2D eigenvalue weighted by Gasteiger charge is 2.32. The highest BCUT2D eigenvalue weighted by Crippen LogP contribution is 2.45. The normalized spacial score (nSPS) is 16.1. The summed E-state index contributed by atoms with van der Waals surface area (Å²) in [5.74, 6) is 1.34. The fourth-order valence-electron chi connectivity index (χ4n) is 8.97. The zero-order valence-electron chi connectivity index (χ0n) is 38.9.